The zero-order chi connectivity index (χ0) is 20.3. The zero-order valence-corrected chi connectivity index (χ0v) is 16.9. The first-order valence-corrected chi connectivity index (χ1v) is 9.77. The van der Waals surface area contributed by atoms with Gasteiger partial charge in [-0.1, -0.05) is 0 Å². The number of aryl methyl sites for hydroxylation is 2. The first-order valence-electron chi connectivity index (χ1n) is 8.95. The Hall–Kier alpha value is -2.48. The van der Waals surface area contributed by atoms with Crippen LogP contribution in [0.3, 0.4) is 0 Å². The molecular weight excluding hydrogens is 384 g/mol. The van der Waals surface area contributed by atoms with Crippen LogP contribution in [-0.4, -0.2) is 43.4 Å². The van der Waals surface area contributed by atoms with Gasteiger partial charge in [0.1, 0.15) is 17.4 Å². The van der Waals surface area contributed by atoms with Crippen molar-refractivity contribution in [3.63, 3.8) is 0 Å². The van der Waals surface area contributed by atoms with Crippen molar-refractivity contribution in [1.29, 1.82) is 0 Å². The van der Waals surface area contributed by atoms with Crippen LogP contribution in [0.25, 0.3) is 0 Å². The maximum absolute atomic E-state index is 13.4. The minimum Gasteiger partial charge on any atom is -0.495 e. The number of nitrogens with zero attached hydrogens (tertiary/aromatic N) is 2. The highest BCUT2D eigenvalue weighted by Gasteiger charge is 2.23. The number of hydrogen-bond acceptors (Lipinski definition) is 5. The third-order valence-electron chi connectivity index (χ3n) is 4.81. The van der Waals surface area contributed by atoms with E-state index in [1.54, 1.807) is 12.0 Å². The lowest BCUT2D eigenvalue weighted by Crippen LogP contribution is -2.48. The van der Waals surface area contributed by atoms with Crippen LogP contribution in [0.15, 0.2) is 30.3 Å². The number of ether oxygens (including phenoxy) is 1. The Morgan fingerprint density at radius 2 is 1.61 bits per heavy atom. The van der Waals surface area contributed by atoms with Crippen molar-refractivity contribution in [2.45, 2.75) is 13.8 Å². The molecule has 5 nitrogen and oxygen atoms in total. The number of halogens is 2. The van der Waals surface area contributed by atoms with Gasteiger partial charge >= 0.3 is 5.24 Å². The number of rotatable bonds is 4. The lowest BCUT2D eigenvalue weighted by molar-refractivity contribution is 0.219. The van der Waals surface area contributed by atoms with E-state index < -0.39 is 11.6 Å². The van der Waals surface area contributed by atoms with Crippen molar-refractivity contribution in [2.24, 2.45) is 0 Å². The molecule has 8 heteroatoms. The molecule has 2 aromatic carbocycles. The Bertz CT molecular complexity index is 851. The zero-order valence-electron chi connectivity index (χ0n) is 16.1. The number of benzene rings is 2. The summed E-state index contributed by atoms with van der Waals surface area (Å²) in [6, 6.07) is 7.35. The Morgan fingerprint density at radius 3 is 2.21 bits per heavy atom. The summed E-state index contributed by atoms with van der Waals surface area (Å²) in [6.07, 6.45) is 0. The van der Waals surface area contributed by atoms with E-state index in [1.807, 2.05) is 30.9 Å². The second-order valence-corrected chi connectivity index (χ2v) is 7.47. The molecule has 1 saturated heterocycles. The molecule has 1 heterocycles. The number of nitrogens with one attached hydrogen (secondary N) is 1. The number of hydrogen-bond donors (Lipinski definition) is 1. The molecule has 1 fully saturated rings. The molecule has 0 unspecified atom stereocenters. The quantitative estimate of drug-likeness (QED) is 0.751. The predicted molar refractivity (Wildman–Crippen MR) is 109 cm³/mol. The SMILES string of the molecule is COc1cc(C)c(C)cc1NSC(=O)N1CCN(c2cc(F)cc(F)c2)CC1. The molecule has 0 aliphatic carbocycles. The van der Waals surface area contributed by atoms with Gasteiger partial charge in [-0.15, -0.1) is 0 Å². The van der Waals surface area contributed by atoms with Gasteiger partial charge in [0.25, 0.3) is 0 Å². The van der Waals surface area contributed by atoms with Gasteiger partial charge in [-0.25, -0.2) is 8.78 Å². The van der Waals surface area contributed by atoms with Crippen LogP contribution in [0.2, 0.25) is 0 Å². The molecule has 1 aliphatic rings. The summed E-state index contributed by atoms with van der Waals surface area (Å²) in [7, 11) is 1.59. The average Bonchev–Trinajstić information content (AvgIpc) is 2.67. The predicted octanol–water partition coefficient (Wildman–Crippen LogP) is 4.59. The second-order valence-electron chi connectivity index (χ2n) is 6.71. The summed E-state index contributed by atoms with van der Waals surface area (Å²) >= 11 is 1.00. The monoisotopic (exact) mass is 407 g/mol. The number of anilines is 2. The van der Waals surface area contributed by atoms with Gasteiger partial charge < -0.3 is 19.3 Å². The molecular formula is C20H23F2N3O2S. The maximum Gasteiger partial charge on any atom is 0.302 e. The topological polar surface area (TPSA) is 44.8 Å². The Morgan fingerprint density at radius 1 is 1.00 bits per heavy atom. The molecule has 0 spiro atoms. The molecule has 1 N–H and O–H groups in total. The minimum absolute atomic E-state index is 0.106. The number of piperazine rings is 1. The average molecular weight is 407 g/mol. The third kappa shape index (κ3) is 4.67. The third-order valence-corrected chi connectivity index (χ3v) is 5.57. The summed E-state index contributed by atoms with van der Waals surface area (Å²) in [5.41, 5.74) is 3.46. The van der Waals surface area contributed by atoms with Gasteiger partial charge in [0.15, 0.2) is 0 Å². The van der Waals surface area contributed by atoms with Crippen molar-refractivity contribution in [3.8, 4) is 5.75 Å². The molecule has 0 aromatic heterocycles. The van der Waals surface area contributed by atoms with Gasteiger partial charge in [0.2, 0.25) is 0 Å². The van der Waals surface area contributed by atoms with E-state index >= 15 is 0 Å². The standard InChI is InChI=1S/C20H23F2N3O2S/c1-13-8-18(19(27-3)9-14(13)2)23-28-20(26)25-6-4-24(5-7-25)17-11-15(21)10-16(22)12-17/h8-12,23H,4-7H2,1-3H3. The van der Waals surface area contributed by atoms with Crippen molar-refractivity contribution in [2.75, 3.05) is 42.9 Å². The number of amides is 1. The molecule has 0 atom stereocenters. The van der Waals surface area contributed by atoms with Crippen LogP contribution in [0.5, 0.6) is 5.75 Å². The van der Waals surface area contributed by atoms with Crippen molar-refractivity contribution in [3.05, 3.63) is 53.1 Å². The molecule has 28 heavy (non-hydrogen) atoms. The largest absolute Gasteiger partial charge is 0.495 e. The number of carbonyl (C=O) groups excluding carboxylic acids is 1. The van der Waals surface area contributed by atoms with Crippen molar-refractivity contribution >= 4 is 28.6 Å². The summed E-state index contributed by atoms with van der Waals surface area (Å²) in [4.78, 5) is 16.1. The Labute approximate surface area is 167 Å². The smallest absolute Gasteiger partial charge is 0.302 e. The summed E-state index contributed by atoms with van der Waals surface area (Å²) in [5.74, 6) is -0.521. The van der Waals surface area contributed by atoms with E-state index in [4.69, 9.17) is 4.74 Å². The van der Waals surface area contributed by atoms with Crippen LogP contribution in [0.4, 0.5) is 25.0 Å². The minimum atomic E-state index is -0.601. The van der Waals surface area contributed by atoms with Crippen LogP contribution in [-0.2, 0) is 0 Å². The van der Waals surface area contributed by atoms with Gasteiger partial charge in [-0.3, -0.25) is 4.79 Å². The molecule has 3 rings (SSSR count). The normalized spacial score (nSPS) is 14.2. The van der Waals surface area contributed by atoms with E-state index in [1.165, 1.54) is 12.1 Å². The Kier molecular flexibility index (Phi) is 6.28. The highest BCUT2D eigenvalue weighted by atomic mass is 32.2. The highest BCUT2D eigenvalue weighted by Crippen LogP contribution is 2.30. The van der Waals surface area contributed by atoms with E-state index in [2.05, 4.69) is 4.72 Å². The molecule has 1 aliphatic heterocycles. The molecule has 0 saturated carbocycles. The first-order chi connectivity index (χ1) is 13.4. The molecule has 0 radical (unpaired) electrons. The van der Waals surface area contributed by atoms with Gasteiger partial charge in [-0.05, 0) is 49.2 Å². The van der Waals surface area contributed by atoms with Gasteiger partial charge in [0.05, 0.1) is 12.8 Å². The summed E-state index contributed by atoms with van der Waals surface area (Å²) < 4.78 is 35.3. The number of carbonyl (C=O) groups is 1. The van der Waals surface area contributed by atoms with Crippen LogP contribution in [0.1, 0.15) is 11.1 Å². The van der Waals surface area contributed by atoms with Crippen molar-refractivity contribution < 1.29 is 18.3 Å². The lowest BCUT2D eigenvalue weighted by Gasteiger charge is -2.35. The van der Waals surface area contributed by atoms with Gasteiger partial charge in [0, 0.05) is 49.9 Å². The summed E-state index contributed by atoms with van der Waals surface area (Å²) in [5, 5.41) is -0.106. The molecule has 2 aromatic rings. The number of methoxy groups -OCH3 is 1. The van der Waals surface area contributed by atoms with E-state index in [-0.39, 0.29) is 5.24 Å². The highest BCUT2D eigenvalue weighted by molar-refractivity contribution is 8.14. The molecule has 0 bridgehead atoms. The Balaban J connectivity index is 1.56. The van der Waals surface area contributed by atoms with Crippen LogP contribution in [0, 0.1) is 25.5 Å². The van der Waals surface area contributed by atoms with E-state index in [0.29, 0.717) is 37.6 Å². The van der Waals surface area contributed by atoms with E-state index in [0.717, 1.165) is 34.8 Å². The van der Waals surface area contributed by atoms with E-state index in [9.17, 15) is 13.6 Å². The fourth-order valence-electron chi connectivity index (χ4n) is 3.07. The lowest BCUT2D eigenvalue weighted by atomic mass is 10.1. The molecule has 1 amide bonds. The second kappa shape index (κ2) is 8.68. The van der Waals surface area contributed by atoms with Crippen molar-refractivity contribution in [1.82, 2.24) is 4.90 Å². The fourth-order valence-corrected chi connectivity index (χ4v) is 3.74. The maximum atomic E-state index is 13.4. The summed E-state index contributed by atoms with van der Waals surface area (Å²) in [6.45, 7) is 6.00. The van der Waals surface area contributed by atoms with Crippen LogP contribution >= 0.6 is 11.9 Å². The van der Waals surface area contributed by atoms with Crippen LogP contribution < -0.4 is 14.4 Å². The fraction of sp³-hybridized carbons (Fsp3) is 0.350. The first kappa shape index (κ1) is 20.3. The van der Waals surface area contributed by atoms with Gasteiger partial charge in [-0.2, -0.15) is 0 Å². The molecule has 150 valence electrons.